The van der Waals surface area contributed by atoms with Crippen LogP contribution in [-0.4, -0.2) is 50.1 Å². The fourth-order valence-electron chi connectivity index (χ4n) is 3.80. The molecule has 29 heavy (non-hydrogen) atoms. The van der Waals surface area contributed by atoms with Gasteiger partial charge in [0, 0.05) is 38.2 Å². The van der Waals surface area contributed by atoms with E-state index < -0.39 is 0 Å². The van der Waals surface area contributed by atoms with Crippen molar-refractivity contribution in [3.8, 4) is 0 Å². The van der Waals surface area contributed by atoms with E-state index in [9.17, 15) is 14.0 Å². The van der Waals surface area contributed by atoms with Gasteiger partial charge in [-0.05, 0) is 42.7 Å². The molecule has 0 bridgehead atoms. The van der Waals surface area contributed by atoms with Gasteiger partial charge in [0.05, 0.1) is 12.5 Å². The van der Waals surface area contributed by atoms with Crippen LogP contribution in [0, 0.1) is 18.7 Å². The van der Waals surface area contributed by atoms with E-state index in [0.29, 0.717) is 43.8 Å². The van der Waals surface area contributed by atoms with Crippen molar-refractivity contribution in [3.63, 3.8) is 0 Å². The minimum absolute atomic E-state index is 0.0334. The average molecular weight is 398 g/mol. The van der Waals surface area contributed by atoms with Gasteiger partial charge in [0.15, 0.2) is 0 Å². The van der Waals surface area contributed by atoms with E-state index in [2.05, 4.69) is 5.32 Å². The van der Waals surface area contributed by atoms with Crippen LogP contribution in [0.2, 0.25) is 0 Å². The van der Waals surface area contributed by atoms with Gasteiger partial charge in [0.1, 0.15) is 5.82 Å². The molecule has 1 heterocycles. The lowest BCUT2D eigenvalue weighted by Crippen LogP contribution is -2.48. The normalized spacial score (nSPS) is 19.1. The molecule has 1 fully saturated rings. The van der Waals surface area contributed by atoms with Crippen LogP contribution in [0.25, 0.3) is 0 Å². The predicted molar refractivity (Wildman–Crippen MR) is 109 cm³/mol. The number of ether oxygens (including phenoxy) is 1. The van der Waals surface area contributed by atoms with Gasteiger partial charge in [-0.15, -0.1) is 0 Å². The number of carbonyl (C=O) groups is 2. The second kappa shape index (κ2) is 9.65. The molecule has 2 atom stereocenters. The molecule has 1 N–H and O–H groups in total. The molecule has 1 saturated heterocycles. The van der Waals surface area contributed by atoms with Gasteiger partial charge in [-0.3, -0.25) is 9.59 Å². The van der Waals surface area contributed by atoms with Gasteiger partial charge in [0.25, 0.3) is 5.91 Å². The Morgan fingerprint density at radius 1 is 1.17 bits per heavy atom. The number of nitrogens with zero attached hydrogens (tertiary/aromatic N) is 1. The first-order valence-electron chi connectivity index (χ1n) is 9.86. The maximum absolute atomic E-state index is 13.7. The summed E-state index contributed by atoms with van der Waals surface area (Å²) in [6.45, 7) is 3.46. The number of methoxy groups -OCH3 is 1. The van der Waals surface area contributed by atoms with Crippen LogP contribution in [0.15, 0.2) is 48.5 Å². The highest BCUT2D eigenvalue weighted by Crippen LogP contribution is 2.32. The van der Waals surface area contributed by atoms with Crippen LogP contribution >= 0.6 is 0 Å². The maximum atomic E-state index is 13.7. The van der Waals surface area contributed by atoms with E-state index in [0.717, 1.165) is 5.56 Å². The molecule has 1 aliphatic heterocycles. The van der Waals surface area contributed by atoms with Gasteiger partial charge in [-0.2, -0.15) is 0 Å². The first kappa shape index (κ1) is 21.0. The van der Waals surface area contributed by atoms with Crippen molar-refractivity contribution in [3.05, 3.63) is 71.0 Å². The van der Waals surface area contributed by atoms with Crippen molar-refractivity contribution in [2.75, 3.05) is 33.4 Å². The molecule has 0 aromatic heterocycles. The zero-order valence-electron chi connectivity index (χ0n) is 16.9. The summed E-state index contributed by atoms with van der Waals surface area (Å²) < 4.78 is 18.7. The molecular weight excluding hydrogens is 371 g/mol. The predicted octanol–water partition coefficient (Wildman–Crippen LogP) is 3.14. The summed E-state index contributed by atoms with van der Waals surface area (Å²) in [6.07, 6.45) is 0.614. The highest BCUT2D eigenvalue weighted by molar-refractivity contribution is 5.94. The zero-order chi connectivity index (χ0) is 20.8. The van der Waals surface area contributed by atoms with E-state index in [1.807, 2.05) is 24.3 Å². The maximum Gasteiger partial charge on any atom is 0.253 e. The summed E-state index contributed by atoms with van der Waals surface area (Å²) >= 11 is 0. The molecule has 0 aliphatic carbocycles. The molecule has 1 aliphatic rings. The number of amides is 2. The Balaban J connectivity index is 1.83. The monoisotopic (exact) mass is 398 g/mol. The summed E-state index contributed by atoms with van der Waals surface area (Å²) in [4.78, 5) is 27.5. The SMILES string of the molecule is COCCNC(=O)[C@@H]1C[C@@H](c2ccc(F)c(C)c2)CN(C(=O)c2ccccc2)C1. The second-order valence-electron chi connectivity index (χ2n) is 7.50. The Kier molecular flexibility index (Phi) is 6.99. The zero-order valence-corrected chi connectivity index (χ0v) is 16.9. The lowest BCUT2D eigenvalue weighted by molar-refractivity contribution is -0.126. The highest BCUT2D eigenvalue weighted by Gasteiger charge is 2.34. The summed E-state index contributed by atoms with van der Waals surface area (Å²) in [6, 6.07) is 14.1. The lowest BCUT2D eigenvalue weighted by atomic mass is 9.83. The largest absolute Gasteiger partial charge is 0.383 e. The van der Waals surface area contributed by atoms with E-state index in [1.54, 1.807) is 37.1 Å². The van der Waals surface area contributed by atoms with Crippen molar-refractivity contribution in [1.29, 1.82) is 0 Å². The molecule has 154 valence electrons. The van der Waals surface area contributed by atoms with Crippen molar-refractivity contribution in [2.24, 2.45) is 5.92 Å². The van der Waals surface area contributed by atoms with Gasteiger partial charge in [0.2, 0.25) is 5.91 Å². The Morgan fingerprint density at radius 3 is 2.62 bits per heavy atom. The average Bonchev–Trinajstić information content (AvgIpc) is 2.75. The quantitative estimate of drug-likeness (QED) is 0.761. The molecule has 2 aromatic carbocycles. The first-order chi connectivity index (χ1) is 14.0. The van der Waals surface area contributed by atoms with Gasteiger partial charge < -0.3 is 15.0 Å². The van der Waals surface area contributed by atoms with Crippen LogP contribution in [-0.2, 0) is 9.53 Å². The minimum Gasteiger partial charge on any atom is -0.383 e. The number of piperidine rings is 1. The Hall–Kier alpha value is -2.73. The lowest BCUT2D eigenvalue weighted by Gasteiger charge is -2.37. The minimum atomic E-state index is -0.330. The second-order valence-corrected chi connectivity index (χ2v) is 7.50. The van der Waals surface area contributed by atoms with Gasteiger partial charge in [-0.1, -0.05) is 30.3 Å². The number of carbonyl (C=O) groups excluding carboxylic acids is 2. The third-order valence-electron chi connectivity index (χ3n) is 5.39. The highest BCUT2D eigenvalue weighted by atomic mass is 19.1. The number of hydrogen-bond acceptors (Lipinski definition) is 3. The third kappa shape index (κ3) is 5.21. The number of rotatable bonds is 6. The summed E-state index contributed by atoms with van der Waals surface area (Å²) in [7, 11) is 1.58. The molecule has 0 spiro atoms. The van der Waals surface area contributed by atoms with Crippen molar-refractivity contribution < 1.29 is 18.7 Å². The number of likely N-dealkylation sites (tertiary alicyclic amines) is 1. The molecule has 6 heteroatoms. The van der Waals surface area contributed by atoms with Gasteiger partial charge >= 0.3 is 0 Å². The Morgan fingerprint density at radius 2 is 1.93 bits per heavy atom. The molecular formula is C23H27FN2O3. The molecule has 3 rings (SSSR count). The summed E-state index contributed by atoms with van der Waals surface area (Å²) in [5, 5.41) is 2.88. The molecule has 2 amide bonds. The fourth-order valence-corrected chi connectivity index (χ4v) is 3.80. The third-order valence-corrected chi connectivity index (χ3v) is 5.39. The fraction of sp³-hybridized carbons (Fsp3) is 0.391. The Bertz CT molecular complexity index is 856. The van der Waals surface area contributed by atoms with Gasteiger partial charge in [-0.25, -0.2) is 4.39 Å². The van der Waals surface area contributed by atoms with Crippen LogP contribution in [0.1, 0.15) is 33.8 Å². The van der Waals surface area contributed by atoms with E-state index in [-0.39, 0.29) is 29.5 Å². The number of benzene rings is 2. The first-order valence-corrected chi connectivity index (χ1v) is 9.86. The summed E-state index contributed by atoms with van der Waals surface area (Å²) in [5.41, 5.74) is 2.11. The number of aryl methyl sites for hydroxylation is 1. The number of hydrogen-bond donors (Lipinski definition) is 1. The molecule has 5 nitrogen and oxygen atoms in total. The molecule has 0 radical (unpaired) electrons. The molecule has 2 aromatic rings. The van der Waals surface area contributed by atoms with Crippen molar-refractivity contribution in [2.45, 2.75) is 19.3 Å². The topological polar surface area (TPSA) is 58.6 Å². The standard InChI is InChI=1S/C23H27FN2O3/c1-16-12-18(8-9-21(16)24)19-13-20(22(27)25-10-11-29-2)15-26(14-19)23(28)17-6-4-3-5-7-17/h3-9,12,19-20H,10-11,13-15H2,1-2H3,(H,25,27)/t19-,20-/m1/s1. The molecule has 0 unspecified atom stereocenters. The van der Waals surface area contributed by atoms with Crippen molar-refractivity contribution in [1.82, 2.24) is 10.2 Å². The Labute approximate surface area is 170 Å². The van der Waals surface area contributed by atoms with Crippen LogP contribution < -0.4 is 5.32 Å². The van der Waals surface area contributed by atoms with Crippen molar-refractivity contribution >= 4 is 11.8 Å². The number of nitrogens with one attached hydrogen (secondary N) is 1. The van der Waals surface area contributed by atoms with Crippen LogP contribution in [0.4, 0.5) is 4.39 Å². The van der Waals surface area contributed by atoms with Crippen LogP contribution in [0.5, 0.6) is 0 Å². The molecule has 0 saturated carbocycles. The number of halogens is 1. The summed E-state index contributed by atoms with van der Waals surface area (Å²) in [5.74, 6) is -0.798. The van der Waals surface area contributed by atoms with E-state index in [4.69, 9.17) is 4.74 Å². The van der Waals surface area contributed by atoms with Crippen LogP contribution in [0.3, 0.4) is 0 Å². The smallest absolute Gasteiger partial charge is 0.253 e. The van der Waals surface area contributed by atoms with E-state index in [1.165, 1.54) is 6.07 Å². The van der Waals surface area contributed by atoms with E-state index >= 15 is 0 Å².